The lowest BCUT2D eigenvalue weighted by Crippen LogP contribution is -2.06. The van der Waals surface area contributed by atoms with Crippen molar-refractivity contribution < 1.29 is 9.15 Å². The number of fused-ring (bicyclic) bond motifs is 1. The van der Waals surface area contributed by atoms with Crippen LogP contribution in [0.25, 0.3) is 22.1 Å². The van der Waals surface area contributed by atoms with E-state index in [0.717, 1.165) is 32.3 Å². The summed E-state index contributed by atoms with van der Waals surface area (Å²) in [6.07, 6.45) is 0. The summed E-state index contributed by atoms with van der Waals surface area (Å²) in [5.74, 6) is 0.726. The van der Waals surface area contributed by atoms with E-state index in [0.29, 0.717) is 17.8 Å². The second-order valence-corrected chi connectivity index (χ2v) is 6.72. The minimum Gasteiger partial charge on any atom is -0.489 e. The van der Waals surface area contributed by atoms with E-state index in [4.69, 9.17) is 9.15 Å². The first kappa shape index (κ1) is 16.5. The van der Waals surface area contributed by atoms with Crippen molar-refractivity contribution in [3.63, 3.8) is 0 Å². The molecule has 3 rings (SSSR count). The summed E-state index contributed by atoms with van der Waals surface area (Å²) in [6, 6.07) is 13.1. The van der Waals surface area contributed by atoms with Crippen LogP contribution in [0.2, 0.25) is 0 Å². The Morgan fingerprint density at radius 2 is 1.92 bits per heavy atom. The van der Waals surface area contributed by atoms with Crippen LogP contribution in [-0.2, 0) is 0 Å². The number of halogens is 1. The van der Waals surface area contributed by atoms with Gasteiger partial charge < -0.3 is 9.15 Å². The second kappa shape index (κ2) is 6.65. The summed E-state index contributed by atoms with van der Waals surface area (Å²) in [4.78, 5) is 12.4. The van der Waals surface area contributed by atoms with Gasteiger partial charge in [0.15, 0.2) is 0 Å². The zero-order valence-corrected chi connectivity index (χ0v) is 15.1. The number of benzene rings is 2. The molecule has 0 atom stereocenters. The first-order valence-electron chi connectivity index (χ1n) is 7.56. The van der Waals surface area contributed by atoms with Crippen molar-refractivity contribution in [3.8, 4) is 16.9 Å². The molecule has 24 heavy (non-hydrogen) atoms. The molecule has 2 aromatic carbocycles. The molecule has 3 nitrogen and oxygen atoms in total. The summed E-state index contributed by atoms with van der Waals surface area (Å²) in [6.45, 7) is 8.14. The third kappa shape index (κ3) is 3.29. The SMILES string of the molecule is C=C(C)COc1ccc2oc(=O)c(-c3ccc(Br)cc3)c(C)c2c1. The highest BCUT2D eigenvalue weighted by atomic mass is 79.9. The van der Waals surface area contributed by atoms with Crippen LogP contribution in [0, 0.1) is 6.92 Å². The zero-order valence-electron chi connectivity index (χ0n) is 13.6. The Morgan fingerprint density at radius 1 is 1.21 bits per heavy atom. The quantitative estimate of drug-likeness (QED) is 0.441. The van der Waals surface area contributed by atoms with Crippen LogP contribution in [0.15, 0.2) is 68.3 Å². The lowest BCUT2D eigenvalue weighted by Gasteiger charge is -2.10. The molecule has 0 aliphatic carbocycles. The lowest BCUT2D eigenvalue weighted by atomic mass is 9.99. The molecule has 0 bridgehead atoms. The van der Waals surface area contributed by atoms with Gasteiger partial charge in [0, 0.05) is 9.86 Å². The highest BCUT2D eigenvalue weighted by Crippen LogP contribution is 2.30. The van der Waals surface area contributed by atoms with Crippen molar-refractivity contribution in [1.29, 1.82) is 0 Å². The Balaban J connectivity index is 2.14. The Labute approximate surface area is 148 Å². The molecule has 0 aliphatic rings. The third-order valence-corrected chi connectivity index (χ3v) is 4.28. The normalized spacial score (nSPS) is 10.8. The van der Waals surface area contributed by atoms with Gasteiger partial charge in [0.2, 0.25) is 0 Å². The van der Waals surface area contributed by atoms with E-state index in [-0.39, 0.29) is 5.63 Å². The van der Waals surface area contributed by atoms with Crippen LogP contribution in [0.3, 0.4) is 0 Å². The second-order valence-electron chi connectivity index (χ2n) is 5.80. The van der Waals surface area contributed by atoms with Crippen molar-refractivity contribution in [2.45, 2.75) is 13.8 Å². The van der Waals surface area contributed by atoms with Crippen molar-refractivity contribution in [3.05, 3.63) is 75.1 Å². The smallest absolute Gasteiger partial charge is 0.344 e. The maximum atomic E-state index is 12.4. The number of rotatable bonds is 4. The average Bonchev–Trinajstić information content (AvgIpc) is 2.55. The summed E-state index contributed by atoms with van der Waals surface area (Å²) in [5.41, 5.74) is 3.46. The molecule has 0 spiro atoms. The van der Waals surface area contributed by atoms with Gasteiger partial charge in [-0.3, -0.25) is 0 Å². The molecule has 1 heterocycles. The Bertz CT molecular complexity index is 969. The largest absolute Gasteiger partial charge is 0.489 e. The highest BCUT2D eigenvalue weighted by Gasteiger charge is 2.14. The zero-order chi connectivity index (χ0) is 17.3. The molecule has 4 heteroatoms. The molecule has 1 aromatic heterocycles. The third-order valence-electron chi connectivity index (χ3n) is 3.75. The van der Waals surface area contributed by atoms with Gasteiger partial charge in [-0.2, -0.15) is 0 Å². The predicted molar refractivity (Wildman–Crippen MR) is 101 cm³/mol. The van der Waals surface area contributed by atoms with E-state index in [9.17, 15) is 4.79 Å². The molecular weight excluding hydrogens is 368 g/mol. The van der Waals surface area contributed by atoms with Crippen LogP contribution in [0.1, 0.15) is 12.5 Å². The van der Waals surface area contributed by atoms with E-state index in [1.165, 1.54) is 0 Å². The number of ether oxygens (including phenoxy) is 1. The van der Waals surface area contributed by atoms with E-state index in [2.05, 4.69) is 22.5 Å². The Hall–Kier alpha value is -2.33. The minimum absolute atomic E-state index is 0.335. The first-order chi connectivity index (χ1) is 11.5. The van der Waals surface area contributed by atoms with Crippen molar-refractivity contribution in [2.75, 3.05) is 6.61 Å². The van der Waals surface area contributed by atoms with Crippen LogP contribution < -0.4 is 10.4 Å². The maximum Gasteiger partial charge on any atom is 0.344 e. The van der Waals surface area contributed by atoms with Crippen LogP contribution in [0.4, 0.5) is 0 Å². The summed E-state index contributed by atoms with van der Waals surface area (Å²) >= 11 is 3.41. The van der Waals surface area contributed by atoms with Gasteiger partial charge in [0.1, 0.15) is 17.9 Å². The lowest BCUT2D eigenvalue weighted by molar-refractivity contribution is 0.353. The first-order valence-corrected chi connectivity index (χ1v) is 8.35. The van der Waals surface area contributed by atoms with Gasteiger partial charge in [-0.25, -0.2) is 4.79 Å². The highest BCUT2D eigenvalue weighted by molar-refractivity contribution is 9.10. The van der Waals surface area contributed by atoms with Gasteiger partial charge in [-0.15, -0.1) is 0 Å². The molecule has 3 aromatic rings. The fourth-order valence-corrected chi connectivity index (χ4v) is 2.84. The van der Waals surface area contributed by atoms with Gasteiger partial charge in [0.05, 0.1) is 5.56 Å². The monoisotopic (exact) mass is 384 g/mol. The number of hydrogen-bond acceptors (Lipinski definition) is 3. The number of aryl methyl sites for hydroxylation is 1. The average molecular weight is 385 g/mol. The molecule has 122 valence electrons. The van der Waals surface area contributed by atoms with Gasteiger partial charge in [-0.1, -0.05) is 34.6 Å². The van der Waals surface area contributed by atoms with E-state index >= 15 is 0 Å². The van der Waals surface area contributed by atoms with Crippen LogP contribution >= 0.6 is 15.9 Å². The Kier molecular flexibility index (Phi) is 4.58. The fourth-order valence-electron chi connectivity index (χ4n) is 2.58. The van der Waals surface area contributed by atoms with Crippen molar-refractivity contribution in [2.24, 2.45) is 0 Å². The number of hydrogen-bond donors (Lipinski definition) is 0. The van der Waals surface area contributed by atoms with Gasteiger partial charge in [-0.05, 0) is 60.9 Å². The Morgan fingerprint density at radius 3 is 2.58 bits per heavy atom. The molecule has 0 unspecified atom stereocenters. The van der Waals surface area contributed by atoms with Crippen LogP contribution in [0.5, 0.6) is 5.75 Å². The molecular formula is C20H17BrO3. The van der Waals surface area contributed by atoms with E-state index in [1.54, 1.807) is 12.1 Å². The van der Waals surface area contributed by atoms with Crippen LogP contribution in [-0.4, -0.2) is 6.61 Å². The molecule has 0 saturated carbocycles. The standard InChI is InChI=1S/C20H17BrO3/c1-12(2)11-23-16-8-9-18-17(10-16)13(3)19(20(22)24-18)14-4-6-15(21)7-5-14/h4-10H,1,11H2,2-3H3. The van der Waals surface area contributed by atoms with Crippen molar-refractivity contribution in [1.82, 2.24) is 0 Å². The molecule has 0 N–H and O–H groups in total. The molecule has 0 saturated heterocycles. The maximum absolute atomic E-state index is 12.4. The predicted octanol–water partition coefficient (Wildman–Crippen LogP) is 5.49. The minimum atomic E-state index is -0.335. The fraction of sp³-hybridized carbons (Fsp3) is 0.150. The summed E-state index contributed by atoms with van der Waals surface area (Å²) < 4.78 is 12.2. The molecule has 0 radical (unpaired) electrons. The van der Waals surface area contributed by atoms with E-state index in [1.807, 2.05) is 44.2 Å². The molecule has 0 amide bonds. The van der Waals surface area contributed by atoms with Gasteiger partial charge in [0.25, 0.3) is 0 Å². The van der Waals surface area contributed by atoms with Gasteiger partial charge >= 0.3 is 5.63 Å². The summed E-state index contributed by atoms with van der Waals surface area (Å²) in [7, 11) is 0. The molecule has 0 fully saturated rings. The summed E-state index contributed by atoms with van der Waals surface area (Å²) in [5, 5.41) is 0.867. The van der Waals surface area contributed by atoms with Crippen molar-refractivity contribution >= 4 is 26.9 Å². The topological polar surface area (TPSA) is 39.4 Å². The molecule has 0 aliphatic heterocycles. The van der Waals surface area contributed by atoms with E-state index < -0.39 is 0 Å².